The van der Waals surface area contributed by atoms with Gasteiger partial charge in [-0.3, -0.25) is 14.6 Å². The van der Waals surface area contributed by atoms with Gasteiger partial charge in [-0.2, -0.15) is 0 Å². The maximum absolute atomic E-state index is 13.1. The van der Waals surface area contributed by atoms with Crippen molar-refractivity contribution in [2.45, 2.75) is 32.1 Å². The number of likely N-dealkylation sites (tertiary alicyclic amines) is 1. The van der Waals surface area contributed by atoms with E-state index in [-0.39, 0.29) is 17.3 Å². The standard InChI is InChI=1S/C32H35FN6O5/c1-42-28-17-24-26(18-29(28)43-15-5-14-39-12-3-2-4-13-39)35-11-10-27(24)44-32-25(34)16-23(20-36-32)38-31(41)19-30(40)37-22-8-6-21(33)7-9-22/h6-11,16-18,20H,2-5,12-15,19,34H2,1H3,(H,37,40)(H,38,41). The van der Waals surface area contributed by atoms with Crippen LogP contribution in [0.15, 0.2) is 60.9 Å². The average molecular weight is 603 g/mol. The van der Waals surface area contributed by atoms with Crippen LogP contribution in [-0.4, -0.2) is 60.0 Å². The summed E-state index contributed by atoms with van der Waals surface area (Å²) in [7, 11) is 1.58. The molecule has 12 heteroatoms. The predicted octanol–water partition coefficient (Wildman–Crippen LogP) is 5.37. The van der Waals surface area contributed by atoms with Crippen LogP contribution in [0.25, 0.3) is 10.9 Å². The van der Waals surface area contributed by atoms with Gasteiger partial charge in [-0.15, -0.1) is 0 Å². The fraction of sp³-hybridized carbons (Fsp3) is 0.312. The molecule has 1 saturated heterocycles. The largest absolute Gasteiger partial charge is 0.493 e. The lowest BCUT2D eigenvalue weighted by Crippen LogP contribution is -2.31. The third-order valence-corrected chi connectivity index (χ3v) is 7.13. The molecular weight excluding hydrogens is 567 g/mol. The van der Waals surface area contributed by atoms with Gasteiger partial charge >= 0.3 is 0 Å². The second kappa shape index (κ2) is 14.5. The number of nitrogens with two attached hydrogens (primary N) is 1. The number of halogens is 1. The molecule has 11 nitrogen and oxygen atoms in total. The fourth-order valence-electron chi connectivity index (χ4n) is 4.96. The highest BCUT2D eigenvalue weighted by molar-refractivity contribution is 6.08. The molecule has 1 aliphatic rings. The van der Waals surface area contributed by atoms with Crippen molar-refractivity contribution < 1.29 is 28.2 Å². The molecule has 2 amide bonds. The first-order valence-electron chi connectivity index (χ1n) is 14.5. The average Bonchev–Trinajstić information content (AvgIpc) is 3.02. The molecule has 2 aromatic carbocycles. The molecule has 0 radical (unpaired) electrons. The summed E-state index contributed by atoms with van der Waals surface area (Å²) in [5, 5.41) is 5.80. The molecule has 1 aliphatic heterocycles. The second-order valence-corrected chi connectivity index (χ2v) is 10.4. The molecule has 2 aromatic heterocycles. The highest BCUT2D eigenvalue weighted by atomic mass is 19.1. The second-order valence-electron chi connectivity index (χ2n) is 10.4. The van der Waals surface area contributed by atoms with Crippen LogP contribution in [-0.2, 0) is 9.59 Å². The summed E-state index contributed by atoms with van der Waals surface area (Å²) >= 11 is 0. The summed E-state index contributed by atoms with van der Waals surface area (Å²) in [5.74, 6) is 0.184. The summed E-state index contributed by atoms with van der Waals surface area (Å²) in [5.41, 5.74) is 7.68. The van der Waals surface area contributed by atoms with Crippen LogP contribution in [0.1, 0.15) is 32.1 Å². The Morgan fingerprint density at radius 2 is 1.68 bits per heavy atom. The Balaban J connectivity index is 1.20. The number of hydrogen-bond donors (Lipinski definition) is 3. The van der Waals surface area contributed by atoms with Crippen molar-refractivity contribution in [3.05, 3.63) is 66.7 Å². The van der Waals surface area contributed by atoms with E-state index in [1.165, 1.54) is 55.8 Å². The van der Waals surface area contributed by atoms with Crippen LogP contribution in [0.3, 0.4) is 0 Å². The van der Waals surface area contributed by atoms with E-state index in [1.807, 2.05) is 6.07 Å². The smallest absolute Gasteiger partial charge is 0.242 e. The first-order chi connectivity index (χ1) is 21.4. The number of amides is 2. The van der Waals surface area contributed by atoms with E-state index in [4.69, 9.17) is 19.9 Å². The number of piperidine rings is 1. The Hall–Kier alpha value is -4.97. The Kier molecular flexibility index (Phi) is 10.0. The third kappa shape index (κ3) is 8.10. The summed E-state index contributed by atoms with van der Waals surface area (Å²) < 4.78 is 30.8. The molecule has 0 saturated carbocycles. The van der Waals surface area contributed by atoms with Crippen molar-refractivity contribution >= 4 is 39.8 Å². The van der Waals surface area contributed by atoms with E-state index >= 15 is 0 Å². The van der Waals surface area contributed by atoms with Gasteiger partial charge < -0.3 is 35.5 Å². The number of methoxy groups -OCH3 is 1. The van der Waals surface area contributed by atoms with E-state index in [1.54, 1.807) is 25.4 Å². The molecule has 1 fully saturated rings. The molecule has 5 rings (SSSR count). The number of aromatic nitrogens is 2. The zero-order chi connectivity index (χ0) is 30.9. The minimum absolute atomic E-state index is 0.126. The van der Waals surface area contributed by atoms with Crippen LogP contribution in [0.2, 0.25) is 0 Å². The molecule has 0 spiro atoms. The molecule has 3 heterocycles. The maximum Gasteiger partial charge on any atom is 0.242 e. The molecule has 0 aliphatic carbocycles. The first-order valence-corrected chi connectivity index (χ1v) is 14.5. The van der Waals surface area contributed by atoms with Gasteiger partial charge in [0.15, 0.2) is 11.5 Å². The maximum atomic E-state index is 13.1. The normalized spacial score (nSPS) is 13.3. The van der Waals surface area contributed by atoms with Gasteiger partial charge in [0.25, 0.3) is 0 Å². The van der Waals surface area contributed by atoms with Gasteiger partial charge in [0.2, 0.25) is 17.7 Å². The number of carbonyl (C=O) groups excluding carboxylic acids is 2. The quantitative estimate of drug-likeness (QED) is 0.144. The highest BCUT2D eigenvalue weighted by Gasteiger charge is 2.16. The number of benzene rings is 2. The number of pyridine rings is 2. The molecule has 0 unspecified atom stereocenters. The SMILES string of the molecule is COc1cc2c(Oc3ncc(NC(=O)CC(=O)Nc4ccc(F)cc4)cc3N)ccnc2cc1OCCCN1CCCCC1. The Morgan fingerprint density at radius 3 is 2.41 bits per heavy atom. The topological polar surface area (TPSA) is 141 Å². The Labute approximate surface area is 254 Å². The van der Waals surface area contributed by atoms with Gasteiger partial charge in [0.1, 0.15) is 18.0 Å². The van der Waals surface area contributed by atoms with Crippen molar-refractivity contribution in [1.29, 1.82) is 0 Å². The van der Waals surface area contributed by atoms with Gasteiger partial charge in [0, 0.05) is 29.9 Å². The van der Waals surface area contributed by atoms with Crippen LogP contribution < -0.4 is 30.6 Å². The Bertz CT molecular complexity index is 1610. The molecule has 0 bridgehead atoms. The van der Waals surface area contributed by atoms with Crippen molar-refractivity contribution in [2.75, 3.05) is 49.7 Å². The number of nitrogens with zero attached hydrogens (tertiary/aromatic N) is 3. The van der Waals surface area contributed by atoms with Crippen molar-refractivity contribution in [3.63, 3.8) is 0 Å². The van der Waals surface area contributed by atoms with Crippen LogP contribution >= 0.6 is 0 Å². The number of carbonyl (C=O) groups is 2. The lowest BCUT2D eigenvalue weighted by molar-refractivity contribution is -0.123. The molecule has 4 N–H and O–H groups in total. The van der Waals surface area contributed by atoms with Crippen LogP contribution in [0.5, 0.6) is 23.1 Å². The van der Waals surface area contributed by atoms with Gasteiger partial charge in [-0.1, -0.05) is 6.42 Å². The summed E-state index contributed by atoms with van der Waals surface area (Å²) in [4.78, 5) is 35.8. The monoisotopic (exact) mass is 602 g/mol. The fourth-order valence-corrected chi connectivity index (χ4v) is 4.96. The number of rotatable bonds is 12. The number of ether oxygens (including phenoxy) is 3. The predicted molar refractivity (Wildman–Crippen MR) is 166 cm³/mol. The van der Waals surface area contributed by atoms with Gasteiger partial charge in [0.05, 0.1) is 36.8 Å². The number of fused-ring (bicyclic) bond motifs is 1. The summed E-state index contributed by atoms with van der Waals surface area (Å²) in [6.45, 7) is 3.88. The van der Waals surface area contributed by atoms with Crippen molar-refractivity contribution in [2.24, 2.45) is 0 Å². The molecule has 4 aromatic rings. The van der Waals surface area contributed by atoms with E-state index < -0.39 is 24.1 Å². The van der Waals surface area contributed by atoms with Gasteiger partial charge in [-0.05, 0) is 74.8 Å². The number of hydrogen-bond acceptors (Lipinski definition) is 9. The first kappa shape index (κ1) is 30.5. The third-order valence-electron chi connectivity index (χ3n) is 7.13. The summed E-state index contributed by atoms with van der Waals surface area (Å²) in [6.07, 6.45) is 7.30. The summed E-state index contributed by atoms with van der Waals surface area (Å²) in [6, 6.07) is 12.0. The molecular formula is C32H35FN6O5. The number of nitrogens with one attached hydrogen (secondary N) is 2. The highest BCUT2D eigenvalue weighted by Crippen LogP contribution is 2.38. The zero-order valence-corrected chi connectivity index (χ0v) is 24.5. The van der Waals surface area contributed by atoms with E-state index in [2.05, 4.69) is 25.5 Å². The minimum atomic E-state index is -0.573. The van der Waals surface area contributed by atoms with Gasteiger partial charge in [-0.25, -0.2) is 9.37 Å². The number of nitrogen functional groups attached to an aromatic ring is 1. The molecule has 230 valence electrons. The van der Waals surface area contributed by atoms with Crippen molar-refractivity contribution in [3.8, 4) is 23.1 Å². The lowest BCUT2D eigenvalue weighted by Gasteiger charge is -2.26. The van der Waals surface area contributed by atoms with E-state index in [0.717, 1.165) is 26.1 Å². The van der Waals surface area contributed by atoms with Crippen molar-refractivity contribution in [1.82, 2.24) is 14.9 Å². The molecule has 44 heavy (non-hydrogen) atoms. The minimum Gasteiger partial charge on any atom is -0.493 e. The van der Waals surface area contributed by atoms with E-state index in [9.17, 15) is 14.0 Å². The van der Waals surface area contributed by atoms with Crippen LogP contribution in [0.4, 0.5) is 21.5 Å². The zero-order valence-electron chi connectivity index (χ0n) is 24.5. The van der Waals surface area contributed by atoms with Crippen LogP contribution in [0, 0.1) is 5.82 Å². The lowest BCUT2D eigenvalue weighted by atomic mass is 10.1. The number of anilines is 3. The molecule has 0 atom stereocenters. The van der Waals surface area contributed by atoms with E-state index in [0.29, 0.717) is 40.4 Å². The Morgan fingerprint density at radius 1 is 0.932 bits per heavy atom.